The first kappa shape index (κ1) is 7.70. The van der Waals surface area contributed by atoms with Crippen molar-refractivity contribution in [3.8, 4) is 0 Å². The standard InChI is InChI=1S/C6H11ClOS/c7-3-5-1-2-6(4-9)8-5/h5-6,9H,1-4H2. The summed E-state index contributed by atoms with van der Waals surface area (Å²) < 4.78 is 5.45. The molecule has 2 atom stereocenters. The molecule has 0 saturated carbocycles. The minimum Gasteiger partial charge on any atom is -0.373 e. The average Bonchev–Trinajstić information content (AvgIpc) is 2.34. The summed E-state index contributed by atoms with van der Waals surface area (Å²) in [5.74, 6) is 1.46. The Hall–Kier alpha value is 0.600. The van der Waals surface area contributed by atoms with Crippen LogP contribution in [0, 0.1) is 0 Å². The molecule has 0 amide bonds. The minimum absolute atomic E-state index is 0.295. The normalized spacial score (nSPS) is 35.3. The molecule has 0 radical (unpaired) electrons. The molecule has 0 spiro atoms. The van der Waals surface area contributed by atoms with E-state index in [0.29, 0.717) is 18.1 Å². The maximum atomic E-state index is 5.58. The fraction of sp³-hybridized carbons (Fsp3) is 1.00. The summed E-state index contributed by atoms with van der Waals surface area (Å²) in [6.07, 6.45) is 2.89. The third-order valence-electron chi connectivity index (χ3n) is 1.57. The van der Waals surface area contributed by atoms with E-state index in [1.807, 2.05) is 0 Å². The molecule has 1 aliphatic heterocycles. The summed E-state index contributed by atoms with van der Waals surface area (Å²) in [5.41, 5.74) is 0. The highest BCUT2D eigenvalue weighted by atomic mass is 35.5. The van der Waals surface area contributed by atoms with E-state index in [2.05, 4.69) is 12.6 Å². The Bertz CT molecular complexity index is 79.1. The molecule has 3 heteroatoms. The number of rotatable bonds is 2. The predicted molar refractivity (Wildman–Crippen MR) is 42.5 cm³/mol. The molecule has 2 unspecified atom stereocenters. The third-order valence-corrected chi connectivity index (χ3v) is 2.32. The highest BCUT2D eigenvalue weighted by Gasteiger charge is 2.22. The van der Waals surface area contributed by atoms with Gasteiger partial charge in [0.25, 0.3) is 0 Å². The van der Waals surface area contributed by atoms with Gasteiger partial charge in [0.1, 0.15) is 0 Å². The Morgan fingerprint density at radius 2 is 2.11 bits per heavy atom. The van der Waals surface area contributed by atoms with Crippen LogP contribution in [0.4, 0.5) is 0 Å². The maximum Gasteiger partial charge on any atom is 0.0715 e. The van der Waals surface area contributed by atoms with Gasteiger partial charge in [-0.15, -0.1) is 11.6 Å². The van der Waals surface area contributed by atoms with Crippen LogP contribution in [0.15, 0.2) is 0 Å². The number of hydrogen-bond acceptors (Lipinski definition) is 2. The second-order valence-electron chi connectivity index (χ2n) is 2.29. The molecule has 0 aromatic carbocycles. The molecule has 0 aromatic heterocycles. The van der Waals surface area contributed by atoms with E-state index in [9.17, 15) is 0 Å². The zero-order chi connectivity index (χ0) is 6.69. The smallest absolute Gasteiger partial charge is 0.0715 e. The summed E-state index contributed by atoms with van der Waals surface area (Å²) in [6.45, 7) is 0. The summed E-state index contributed by atoms with van der Waals surface area (Å²) >= 11 is 9.71. The lowest BCUT2D eigenvalue weighted by molar-refractivity contribution is 0.0721. The Balaban J connectivity index is 2.20. The highest BCUT2D eigenvalue weighted by Crippen LogP contribution is 2.20. The molecule has 1 fully saturated rings. The van der Waals surface area contributed by atoms with E-state index >= 15 is 0 Å². The fourth-order valence-corrected chi connectivity index (χ4v) is 1.52. The van der Waals surface area contributed by atoms with Crippen LogP contribution in [0.5, 0.6) is 0 Å². The highest BCUT2D eigenvalue weighted by molar-refractivity contribution is 7.80. The van der Waals surface area contributed by atoms with Crippen molar-refractivity contribution >= 4 is 24.2 Å². The van der Waals surface area contributed by atoms with Crippen molar-refractivity contribution in [1.82, 2.24) is 0 Å². The van der Waals surface area contributed by atoms with Gasteiger partial charge < -0.3 is 4.74 Å². The van der Waals surface area contributed by atoms with Gasteiger partial charge in [0.05, 0.1) is 12.2 Å². The van der Waals surface area contributed by atoms with Crippen molar-refractivity contribution in [3.63, 3.8) is 0 Å². The number of hydrogen-bond donors (Lipinski definition) is 1. The van der Waals surface area contributed by atoms with Gasteiger partial charge in [-0.3, -0.25) is 0 Å². The largest absolute Gasteiger partial charge is 0.373 e. The van der Waals surface area contributed by atoms with E-state index in [0.717, 1.165) is 18.6 Å². The van der Waals surface area contributed by atoms with Crippen molar-refractivity contribution in [2.24, 2.45) is 0 Å². The van der Waals surface area contributed by atoms with Crippen LogP contribution in [0.25, 0.3) is 0 Å². The molecule has 0 bridgehead atoms. The molecule has 0 aliphatic carbocycles. The lowest BCUT2D eigenvalue weighted by atomic mass is 10.2. The molecule has 1 aliphatic rings. The van der Waals surface area contributed by atoms with Crippen LogP contribution in [0.1, 0.15) is 12.8 Å². The van der Waals surface area contributed by atoms with Gasteiger partial charge in [-0.25, -0.2) is 0 Å². The first-order valence-corrected chi connectivity index (χ1v) is 4.35. The van der Waals surface area contributed by atoms with Crippen LogP contribution in [-0.4, -0.2) is 23.8 Å². The summed E-state index contributed by atoms with van der Waals surface area (Å²) in [7, 11) is 0. The Morgan fingerprint density at radius 1 is 1.44 bits per heavy atom. The number of alkyl halides is 1. The van der Waals surface area contributed by atoms with Crippen LogP contribution in [0.2, 0.25) is 0 Å². The zero-order valence-electron chi connectivity index (χ0n) is 5.22. The van der Waals surface area contributed by atoms with Crippen molar-refractivity contribution < 1.29 is 4.74 Å². The van der Waals surface area contributed by atoms with E-state index < -0.39 is 0 Å². The first-order chi connectivity index (χ1) is 4.36. The fourth-order valence-electron chi connectivity index (χ4n) is 1.03. The van der Waals surface area contributed by atoms with Gasteiger partial charge >= 0.3 is 0 Å². The molecular weight excluding hydrogens is 156 g/mol. The van der Waals surface area contributed by atoms with Gasteiger partial charge in [-0.2, -0.15) is 12.6 Å². The quantitative estimate of drug-likeness (QED) is 0.486. The third kappa shape index (κ3) is 2.03. The zero-order valence-corrected chi connectivity index (χ0v) is 6.87. The average molecular weight is 167 g/mol. The lowest BCUT2D eigenvalue weighted by Gasteiger charge is -2.07. The van der Waals surface area contributed by atoms with Gasteiger partial charge in [0.2, 0.25) is 0 Å². The van der Waals surface area contributed by atoms with Crippen molar-refractivity contribution in [3.05, 3.63) is 0 Å². The Labute approximate surface area is 66.1 Å². The Kier molecular flexibility index (Phi) is 3.16. The van der Waals surface area contributed by atoms with Crippen molar-refractivity contribution in [1.29, 1.82) is 0 Å². The molecule has 54 valence electrons. The Morgan fingerprint density at radius 3 is 2.44 bits per heavy atom. The number of halogens is 1. The molecule has 0 N–H and O–H groups in total. The van der Waals surface area contributed by atoms with E-state index in [1.54, 1.807) is 0 Å². The molecule has 0 aromatic rings. The summed E-state index contributed by atoms with van der Waals surface area (Å²) in [6, 6.07) is 0. The van der Waals surface area contributed by atoms with Gasteiger partial charge in [-0.1, -0.05) is 0 Å². The number of thiol groups is 1. The summed E-state index contributed by atoms with van der Waals surface area (Å²) in [4.78, 5) is 0. The van der Waals surface area contributed by atoms with E-state index in [4.69, 9.17) is 16.3 Å². The van der Waals surface area contributed by atoms with Crippen molar-refractivity contribution in [2.75, 3.05) is 11.6 Å². The van der Waals surface area contributed by atoms with E-state index in [1.165, 1.54) is 0 Å². The second kappa shape index (κ2) is 3.69. The van der Waals surface area contributed by atoms with Crippen LogP contribution >= 0.6 is 24.2 Å². The maximum absolute atomic E-state index is 5.58. The first-order valence-electron chi connectivity index (χ1n) is 3.19. The monoisotopic (exact) mass is 166 g/mol. The lowest BCUT2D eigenvalue weighted by Crippen LogP contribution is -2.12. The molecule has 1 heterocycles. The summed E-state index contributed by atoms with van der Waals surface area (Å²) in [5, 5.41) is 0. The van der Waals surface area contributed by atoms with Gasteiger partial charge in [-0.05, 0) is 12.8 Å². The van der Waals surface area contributed by atoms with Crippen molar-refractivity contribution in [2.45, 2.75) is 25.0 Å². The molecular formula is C6H11ClOS. The number of ether oxygens (including phenoxy) is 1. The van der Waals surface area contributed by atoms with Gasteiger partial charge in [0, 0.05) is 11.6 Å². The van der Waals surface area contributed by atoms with Crippen LogP contribution in [0.3, 0.4) is 0 Å². The molecule has 1 rings (SSSR count). The van der Waals surface area contributed by atoms with Crippen LogP contribution < -0.4 is 0 Å². The molecule has 9 heavy (non-hydrogen) atoms. The van der Waals surface area contributed by atoms with Crippen LogP contribution in [-0.2, 0) is 4.74 Å². The van der Waals surface area contributed by atoms with E-state index in [-0.39, 0.29) is 0 Å². The second-order valence-corrected chi connectivity index (χ2v) is 2.97. The predicted octanol–water partition coefficient (Wildman–Crippen LogP) is 1.70. The van der Waals surface area contributed by atoms with Gasteiger partial charge in [0.15, 0.2) is 0 Å². The minimum atomic E-state index is 0.295. The SMILES string of the molecule is SCC1CCC(CCl)O1. The molecule has 1 saturated heterocycles. The molecule has 1 nitrogen and oxygen atoms in total. The topological polar surface area (TPSA) is 9.23 Å².